The molecular weight excluding hydrogens is 462 g/mol. The van der Waals surface area contributed by atoms with Gasteiger partial charge in [0, 0.05) is 0 Å². The lowest BCUT2D eigenvalue weighted by atomic mass is 10.0. The summed E-state index contributed by atoms with van der Waals surface area (Å²) in [6, 6.07) is 20.7. The first kappa shape index (κ1) is 24.2. The van der Waals surface area contributed by atoms with E-state index in [1.54, 1.807) is 85.8 Å². The van der Waals surface area contributed by atoms with Crippen molar-refractivity contribution in [2.75, 3.05) is 23.0 Å². The fraction of sp³-hybridized carbons (Fsp3) is 0.111. The van der Waals surface area contributed by atoms with Gasteiger partial charge in [-0.1, -0.05) is 42.5 Å². The summed E-state index contributed by atoms with van der Waals surface area (Å²) in [4.78, 5) is 53.3. The summed E-state index contributed by atoms with van der Waals surface area (Å²) < 4.78 is 11.0. The number of primary amides is 1. The maximum Gasteiger partial charge on any atom is 0.343 e. The summed E-state index contributed by atoms with van der Waals surface area (Å²) in [5, 5.41) is 0. The van der Waals surface area contributed by atoms with E-state index in [-0.39, 0.29) is 17.9 Å². The number of benzene rings is 3. The van der Waals surface area contributed by atoms with E-state index in [2.05, 4.69) is 0 Å². The van der Waals surface area contributed by atoms with E-state index in [9.17, 15) is 19.2 Å². The molecule has 9 heteroatoms. The number of rotatable bonds is 8. The van der Waals surface area contributed by atoms with Gasteiger partial charge in [-0.05, 0) is 55.0 Å². The third-order valence-corrected chi connectivity index (χ3v) is 5.23. The third kappa shape index (κ3) is 4.95. The van der Waals surface area contributed by atoms with Crippen molar-refractivity contribution < 1.29 is 28.7 Å². The van der Waals surface area contributed by atoms with Crippen molar-refractivity contribution >= 4 is 41.2 Å². The molecule has 4 rings (SSSR count). The lowest BCUT2D eigenvalue weighted by molar-refractivity contribution is -0.121. The molecular formula is C27H23N3O6. The number of nitrogens with zero attached hydrogens (tertiary/aromatic N) is 2. The SMILES string of the molecule is CCOc1cc(C=C2C(=O)N(c3ccccc3)C(=O)N(c3ccccc3)C2=O)ccc1OCC(N)=O. The Hall–Kier alpha value is -4.92. The summed E-state index contributed by atoms with van der Waals surface area (Å²) in [5.74, 6) is -1.56. The molecule has 0 saturated carbocycles. The second-order valence-corrected chi connectivity index (χ2v) is 7.69. The lowest BCUT2D eigenvalue weighted by Gasteiger charge is -2.33. The molecule has 3 aromatic carbocycles. The Morgan fingerprint density at radius 2 is 1.36 bits per heavy atom. The summed E-state index contributed by atoms with van der Waals surface area (Å²) in [6.45, 7) is 1.75. The first-order valence-corrected chi connectivity index (χ1v) is 11.1. The minimum Gasteiger partial charge on any atom is -0.490 e. The van der Waals surface area contributed by atoms with E-state index >= 15 is 0 Å². The highest BCUT2D eigenvalue weighted by molar-refractivity contribution is 6.46. The number of urea groups is 1. The summed E-state index contributed by atoms with van der Waals surface area (Å²) >= 11 is 0. The predicted octanol–water partition coefficient (Wildman–Crippen LogP) is 3.53. The van der Waals surface area contributed by atoms with Crippen molar-refractivity contribution in [2.45, 2.75) is 6.92 Å². The molecule has 36 heavy (non-hydrogen) atoms. The van der Waals surface area contributed by atoms with Crippen LogP contribution in [0.1, 0.15) is 12.5 Å². The van der Waals surface area contributed by atoms with Gasteiger partial charge in [0.1, 0.15) is 5.57 Å². The Morgan fingerprint density at radius 3 is 1.86 bits per heavy atom. The van der Waals surface area contributed by atoms with Crippen LogP contribution in [-0.4, -0.2) is 37.0 Å². The normalized spacial score (nSPS) is 13.6. The van der Waals surface area contributed by atoms with Gasteiger partial charge in [0.2, 0.25) is 0 Å². The number of hydrogen-bond donors (Lipinski definition) is 1. The summed E-state index contributed by atoms with van der Waals surface area (Å²) in [5.41, 5.74) is 6.06. The number of imide groups is 2. The molecule has 1 heterocycles. The molecule has 2 N–H and O–H groups in total. The molecule has 0 spiro atoms. The fourth-order valence-corrected chi connectivity index (χ4v) is 3.66. The second-order valence-electron chi connectivity index (χ2n) is 7.69. The van der Waals surface area contributed by atoms with Crippen LogP contribution in [0.5, 0.6) is 11.5 Å². The minimum atomic E-state index is -0.773. The topological polar surface area (TPSA) is 119 Å². The van der Waals surface area contributed by atoms with Crippen LogP contribution in [0.25, 0.3) is 6.08 Å². The molecule has 182 valence electrons. The molecule has 0 bridgehead atoms. The van der Waals surface area contributed by atoms with Crippen LogP contribution in [0.2, 0.25) is 0 Å². The maximum absolute atomic E-state index is 13.5. The maximum atomic E-state index is 13.5. The van der Waals surface area contributed by atoms with Crippen molar-refractivity contribution in [3.8, 4) is 11.5 Å². The molecule has 1 saturated heterocycles. The zero-order valence-electron chi connectivity index (χ0n) is 19.4. The van der Waals surface area contributed by atoms with Crippen LogP contribution >= 0.6 is 0 Å². The molecule has 0 aromatic heterocycles. The largest absolute Gasteiger partial charge is 0.490 e. The van der Waals surface area contributed by atoms with E-state index in [0.717, 1.165) is 9.80 Å². The van der Waals surface area contributed by atoms with Gasteiger partial charge >= 0.3 is 6.03 Å². The van der Waals surface area contributed by atoms with Crippen LogP contribution in [0.3, 0.4) is 0 Å². The minimum absolute atomic E-state index is 0.212. The van der Waals surface area contributed by atoms with Gasteiger partial charge in [0.25, 0.3) is 17.7 Å². The third-order valence-electron chi connectivity index (χ3n) is 5.23. The van der Waals surface area contributed by atoms with Crippen molar-refractivity contribution in [3.05, 3.63) is 90.0 Å². The quantitative estimate of drug-likeness (QED) is 0.385. The van der Waals surface area contributed by atoms with Gasteiger partial charge in [-0.15, -0.1) is 0 Å². The van der Waals surface area contributed by atoms with Crippen molar-refractivity contribution in [1.82, 2.24) is 0 Å². The number of ether oxygens (including phenoxy) is 2. The number of nitrogens with two attached hydrogens (primary N) is 1. The smallest absolute Gasteiger partial charge is 0.343 e. The van der Waals surface area contributed by atoms with Crippen molar-refractivity contribution in [2.24, 2.45) is 5.73 Å². The van der Waals surface area contributed by atoms with Crippen LogP contribution in [0.4, 0.5) is 16.2 Å². The number of hydrogen-bond acceptors (Lipinski definition) is 6. The van der Waals surface area contributed by atoms with Gasteiger partial charge in [0.05, 0.1) is 18.0 Å². The number of para-hydroxylation sites is 2. The number of carbonyl (C=O) groups excluding carboxylic acids is 4. The summed E-state index contributed by atoms with van der Waals surface area (Å²) in [6.07, 6.45) is 1.39. The van der Waals surface area contributed by atoms with Crippen LogP contribution in [0.15, 0.2) is 84.4 Å². The standard InChI is InChI=1S/C27H23N3O6/c1-2-35-23-16-18(13-14-22(23)36-17-24(28)31)15-21-25(32)29(19-9-5-3-6-10-19)27(34)30(26(21)33)20-11-7-4-8-12-20/h3-16H,2,17H2,1H3,(H2,28,31). The Bertz CT molecular complexity index is 1270. The lowest BCUT2D eigenvalue weighted by Crippen LogP contribution is -2.57. The Labute approximate surface area is 207 Å². The molecule has 0 radical (unpaired) electrons. The van der Waals surface area contributed by atoms with Crippen LogP contribution in [-0.2, 0) is 14.4 Å². The van der Waals surface area contributed by atoms with Gasteiger partial charge in [0.15, 0.2) is 18.1 Å². The van der Waals surface area contributed by atoms with Gasteiger partial charge in [-0.2, -0.15) is 0 Å². The van der Waals surface area contributed by atoms with E-state index in [1.165, 1.54) is 6.08 Å². The number of anilines is 2. The average Bonchev–Trinajstić information content (AvgIpc) is 2.87. The van der Waals surface area contributed by atoms with Crippen LogP contribution in [0, 0.1) is 0 Å². The van der Waals surface area contributed by atoms with Crippen molar-refractivity contribution in [3.63, 3.8) is 0 Å². The second kappa shape index (κ2) is 10.6. The molecule has 3 aromatic rings. The fourth-order valence-electron chi connectivity index (χ4n) is 3.66. The van der Waals surface area contributed by atoms with Crippen molar-refractivity contribution in [1.29, 1.82) is 0 Å². The van der Waals surface area contributed by atoms with E-state index in [1.807, 2.05) is 0 Å². The molecule has 5 amide bonds. The van der Waals surface area contributed by atoms with Gasteiger partial charge in [-0.3, -0.25) is 14.4 Å². The Balaban J connectivity index is 1.79. The van der Waals surface area contributed by atoms with Gasteiger partial charge in [-0.25, -0.2) is 14.6 Å². The number of carbonyl (C=O) groups is 4. The first-order valence-electron chi connectivity index (χ1n) is 11.1. The molecule has 0 unspecified atom stereocenters. The average molecular weight is 485 g/mol. The number of barbiturate groups is 1. The number of amides is 5. The molecule has 0 atom stereocenters. The zero-order chi connectivity index (χ0) is 25.7. The highest BCUT2D eigenvalue weighted by atomic mass is 16.5. The Kier molecular flexibility index (Phi) is 7.10. The Morgan fingerprint density at radius 1 is 0.806 bits per heavy atom. The van der Waals surface area contributed by atoms with E-state index in [0.29, 0.717) is 29.3 Å². The van der Waals surface area contributed by atoms with E-state index < -0.39 is 23.8 Å². The molecule has 9 nitrogen and oxygen atoms in total. The zero-order valence-corrected chi connectivity index (χ0v) is 19.4. The van der Waals surface area contributed by atoms with Crippen LogP contribution < -0.4 is 25.0 Å². The summed E-state index contributed by atoms with van der Waals surface area (Å²) in [7, 11) is 0. The van der Waals surface area contributed by atoms with Gasteiger partial charge < -0.3 is 15.2 Å². The highest BCUT2D eigenvalue weighted by Crippen LogP contribution is 2.32. The first-order chi connectivity index (χ1) is 17.4. The molecule has 0 aliphatic carbocycles. The molecule has 1 aliphatic heterocycles. The van der Waals surface area contributed by atoms with E-state index in [4.69, 9.17) is 15.2 Å². The molecule has 1 aliphatic rings. The monoisotopic (exact) mass is 485 g/mol. The molecule has 1 fully saturated rings. The predicted molar refractivity (Wildman–Crippen MR) is 134 cm³/mol. The highest BCUT2D eigenvalue weighted by Gasteiger charge is 2.43.